The first kappa shape index (κ1) is 12.7. The maximum atomic E-state index is 10.9. The maximum Gasteiger partial charge on any atom is 0.358 e. The highest BCUT2D eigenvalue weighted by atomic mass is 16.6. The molecular formula is C12H10N2O5. The van der Waals surface area contributed by atoms with Crippen molar-refractivity contribution in [3.05, 3.63) is 45.3 Å². The Labute approximate surface area is 107 Å². The Morgan fingerprint density at radius 3 is 2.63 bits per heavy atom. The quantitative estimate of drug-likeness (QED) is 0.672. The Kier molecular flexibility index (Phi) is 3.04. The average molecular weight is 262 g/mol. The first-order chi connectivity index (χ1) is 8.90. The number of hydrogen-bond acceptors (Lipinski definition) is 5. The highest BCUT2D eigenvalue weighted by Gasteiger charge is 2.19. The van der Waals surface area contributed by atoms with Crippen molar-refractivity contribution in [1.29, 1.82) is 0 Å². The van der Waals surface area contributed by atoms with Crippen molar-refractivity contribution < 1.29 is 19.2 Å². The largest absolute Gasteiger partial charge is 0.476 e. The van der Waals surface area contributed by atoms with Crippen LogP contribution >= 0.6 is 0 Å². The van der Waals surface area contributed by atoms with Crippen LogP contribution in [0.5, 0.6) is 0 Å². The van der Waals surface area contributed by atoms with E-state index < -0.39 is 10.9 Å². The molecular weight excluding hydrogens is 252 g/mol. The number of hydrogen-bond donors (Lipinski definition) is 1. The van der Waals surface area contributed by atoms with Crippen LogP contribution in [0.15, 0.2) is 22.6 Å². The molecule has 0 spiro atoms. The number of oxazole rings is 1. The van der Waals surface area contributed by atoms with Gasteiger partial charge < -0.3 is 9.52 Å². The summed E-state index contributed by atoms with van der Waals surface area (Å²) < 4.78 is 5.26. The molecule has 0 amide bonds. The van der Waals surface area contributed by atoms with E-state index in [1.807, 2.05) is 0 Å². The van der Waals surface area contributed by atoms with Gasteiger partial charge in [0.1, 0.15) is 5.76 Å². The molecule has 7 heteroatoms. The van der Waals surface area contributed by atoms with E-state index in [-0.39, 0.29) is 23.0 Å². The molecule has 0 aliphatic rings. The smallest absolute Gasteiger partial charge is 0.358 e. The zero-order valence-corrected chi connectivity index (χ0v) is 10.2. The van der Waals surface area contributed by atoms with Gasteiger partial charge in [-0.05, 0) is 19.4 Å². The third-order valence-electron chi connectivity index (χ3n) is 2.66. The highest BCUT2D eigenvalue weighted by Crippen LogP contribution is 2.28. The molecule has 2 aromatic rings. The molecule has 0 saturated heterocycles. The molecule has 2 rings (SSSR count). The van der Waals surface area contributed by atoms with Gasteiger partial charge in [0.25, 0.3) is 5.69 Å². The summed E-state index contributed by atoms with van der Waals surface area (Å²) in [4.78, 5) is 25.0. The van der Waals surface area contributed by atoms with E-state index in [4.69, 9.17) is 9.52 Å². The number of benzene rings is 1. The summed E-state index contributed by atoms with van der Waals surface area (Å²) in [5, 5.41) is 19.6. The number of nitrogens with zero attached hydrogens (tertiary/aromatic N) is 2. The summed E-state index contributed by atoms with van der Waals surface area (Å²) >= 11 is 0. The molecule has 0 fully saturated rings. The van der Waals surface area contributed by atoms with Gasteiger partial charge in [0.15, 0.2) is 5.69 Å². The van der Waals surface area contributed by atoms with Crippen molar-refractivity contribution in [3.8, 4) is 11.5 Å². The number of carbonyl (C=O) groups is 1. The summed E-state index contributed by atoms with van der Waals surface area (Å²) in [6.45, 7) is 3.21. The third kappa shape index (κ3) is 2.30. The van der Waals surface area contributed by atoms with Crippen LogP contribution in [0.1, 0.15) is 21.8 Å². The van der Waals surface area contributed by atoms with Crippen molar-refractivity contribution in [2.24, 2.45) is 0 Å². The second-order valence-electron chi connectivity index (χ2n) is 3.99. The normalized spacial score (nSPS) is 10.4. The molecule has 0 bridgehead atoms. The summed E-state index contributed by atoms with van der Waals surface area (Å²) in [6, 6.07) is 4.24. The Hall–Kier alpha value is -2.70. The maximum absolute atomic E-state index is 10.9. The zero-order valence-electron chi connectivity index (χ0n) is 10.2. The Balaban J connectivity index is 2.58. The van der Waals surface area contributed by atoms with Gasteiger partial charge >= 0.3 is 5.97 Å². The van der Waals surface area contributed by atoms with Crippen molar-refractivity contribution in [3.63, 3.8) is 0 Å². The zero-order chi connectivity index (χ0) is 14.2. The summed E-state index contributed by atoms with van der Waals surface area (Å²) in [6.07, 6.45) is 0. The number of aromatic nitrogens is 1. The lowest BCUT2D eigenvalue weighted by Crippen LogP contribution is -1.98. The van der Waals surface area contributed by atoms with Crippen LogP contribution in [-0.2, 0) is 0 Å². The number of carboxylic acids is 1. The predicted octanol–water partition coefficient (Wildman–Crippen LogP) is 2.56. The van der Waals surface area contributed by atoms with Gasteiger partial charge in [-0.25, -0.2) is 9.78 Å². The lowest BCUT2D eigenvalue weighted by Gasteiger charge is -2.00. The van der Waals surface area contributed by atoms with Crippen LogP contribution in [0, 0.1) is 24.0 Å². The molecule has 98 valence electrons. The molecule has 1 aromatic carbocycles. The van der Waals surface area contributed by atoms with E-state index in [0.29, 0.717) is 11.1 Å². The number of aromatic carboxylic acids is 1. The van der Waals surface area contributed by atoms with E-state index >= 15 is 0 Å². The summed E-state index contributed by atoms with van der Waals surface area (Å²) in [5.41, 5.74) is 0.822. The fourth-order valence-corrected chi connectivity index (χ4v) is 1.66. The molecule has 0 radical (unpaired) electrons. The second kappa shape index (κ2) is 4.52. The topological polar surface area (TPSA) is 106 Å². The van der Waals surface area contributed by atoms with Gasteiger partial charge in [-0.2, -0.15) is 0 Å². The number of nitro groups is 1. The van der Waals surface area contributed by atoms with Gasteiger partial charge in [0.05, 0.1) is 4.92 Å². The van der Waals surface area contributed by atoms with Gasteiger partial charge in [0.2, 0.25) is 5.89 Å². The lowest BCUT2D eigenvalue weighted by molar-refractivity contribution is -0.384. The second-order valence-corrected chi connectivity index (χ2v) is 3.99. The molecule has 0 aliphatic carbocycles. The number of nitro benzene ring substituents is 1. The van der Waals surface area contributed by atoms with Gasteiger partial charge in [0, 0.05) is 17.7 Å². The van der Waals surface area contributed by atoms with E-state index in [1.165, 1.54) is 19.1 Å². The van der Waals surface area contributed by atoms with Crippen molar-refractivity contribution in [2.45, 2.75) is 13.8 Å². The Bertz CT molecular complexity index is 675. The van der Waals surface area contributed by atoms with E-state index in [0.717, 1.165) is 0 Å². The summed E-state index contributed by atoms with van der Waals surface area (Å²) in [5.74, 6) is -0.972. The fourth-order valence-electron chi connectivity index (χ4n) is 1.66. The molecule has 1 heterocycles. The Morgan fingerprint density at radius 2 is 2.11 bits per heavy atom. The van der Waals surface area contributed by atoms with Gasteiger partial charge in [-0.15, -0.1) is 0 Å². The Morgan fingerprint density at radius 1 is 1.42 bits per heavy atom. The summed E-state index contributed by atoms with van der Waals surface area (Å²) in [7, 11) is 0. The van der Waals surface area contributed by atoms with Gasteiger partial charge in [-0.1, -0.05) is 6.07 Å². The van der Waals surface area contributed by atoms with Crippen LogP contribution < -0.4 is 0 Å². The monoisotopic (exact) mass is 262 g/mol. The number of aryl methyl sites for hydroxylation is 2. The molecule has 0 atom stereocenters. The number of non-ortho nitro benzene ring substituents is 1. The molecule has 7 nitrogen and oxygen atoms in total. The standard InChI is InChI=1S/C12H10N2O5/c1-6-3-4-8(14(17)18)5-9(6)11-13-10(12(15)16)7(2)19-11/h3-5H,1-2H3,(H,15,16). The first-order valence-corrected chi connectivity index (χ1v) is 5.36. The third-order valence-corrected chi connectivity index (χ3v) is 2.66. The molecule has 1 N–H and O–H groups in total. The molecule has 19 heavy (non-hydrogen) atoms. The minimum absolute atomic E-state index is 0.0658. The number of rotatable bonds is 3. The van der Waals surface area contributed by atoms with Crippen LogP contribution in [-0.4, -0.2) is 21.0 Å². The number of carboxylic acid groups (broad SMARTS) is 1. The van der Waals surface area contributed by atoms with Gasteiger partial charge in [-0.3, -0.25) is 10.1 Å². The van der Waals surface area contributed by atoms with Crippen molar-refractivity contribution in [2.75, 3.05) is 0 Å². The van der Waals surface area contributed by atoms with E-state index in [1.54, 1.807) is 13.0 Å². The fraction of sp³-hybridized carbons (Fsp3) is 0.167. The van der Waals surface area contributed by atoms with Crippen molar-refractivity contribution in [1.82, 2.24) is 4.98 Å². The van der Waals surface area contributed by atoms with E-state index in [9.17, 15) is 14.9 Å². The van der Waals surface area contributed by atoms with E-state index in [2.05, 4.69) is 4.98 Å². The molecule has 0 saturated carbocycles. The molecule has 1 aromatic heterocycles. The lowest BCUT2D eigenvalue weighted by atomic mass is 10.1. The SMILES string of the molecule is Cc1ccc([N+](=O)[O-])cc1-c1nc(C(=O)O)c(C)o1. The van der Waals surface area contributed by atoms with Crippen LogP contribution in [0.25, 0.3) is 11.5 Å². The van der Waals surface area contributed by atoms with Crippen LogP contribution in [0.3, 0.4) is 0 Å². The average Bonchev–Trinajstić information content (AvgIpc) is 2.71. The van der Waals surface area contributed by atoms with Crippen LogP contribution in [0.4, 0.5) is 5.69 Å². The minimum Gasteiger partial charge on any atom is -0.476 e. The van der Waals surface area contributed by atoms with Crippen LogP contribution in [0.2, 0.25) is 0 Å². The van der Waals surface area contributed by atoms with Crippen molar-refractivity contribution >= 4 is 11.7 Å². The molecule has 0 unspecified atom stereocenters. The highest BCUT2D eigenvalue weighted by molar-refractivity contribution is 5.87. The first-order valence-electron chi connectivity index (χ1n) is 5.36. The predicted molar refractivity (Wildman–Crippen MR) is 65.0 cm³/mol. The molecule has 0 aliphatic heterocycles. The minimum atomic E-state index is -1.20.